The topological polar surface area (TPSA) is 143 Å². The van der Waals surface area contributed by atoms with Crippen molar-refractivity contribution in [1.82, 2.24) is 24.3 Å². The smallest absolute Gasteiger partial charge is 0.338 e. The Morgan fingerprint density at radius 2 is 1.61 bits per heavy atom. The molecular formula is C27H38N8O3. The molecule has 2 saturated heterocycles. The number of benzene rings is 1. The molecular weight excluding hydrogens is 484 g/mol. The molecule has 0 spiro atoms. The molecule has 5 rings (SSSR count). The van der Waals surface area contributed by atoms with E-state index in [9.17, 15) is 14.4 Å². The number of nitrogens with one attached hydrogen (secondary N) is 1. The zero-order valence-corrected chi connectivity index (χ0v) is 22.2. The van der Waals surface area contributed by atoms with E-state index < -0.39 is 11.2 Å². The standard InChI is InChI=1S/C27H38N8O3/c1-27(2,29)24(36)33-9-11-34(12-10-33)25(37)30-23-7-8-35(26(38)31-23)22-5-3-18(4-6-22)15-32-16-19-13-21(28)14-20(19)17-32/h3-8,19-21H,9-17,28-29H2,1-2H3,(H,30,31,37,38). The Kier molecular flexibility index (Phi) is 7.26. The molecule has 11 heteroatoms. The molecule has 0 radical (unpaired) electrons. The number of nitrogens with zero attached hydrogens (tertiary/aromatic N) is 5. The lowest BCUT2D eigenvalue weighted by Crippen LogP contribution is -2.58. The second-order valence-corrected chi connectivity index (χ2v) is 11.5. The van der Waals surface area contributed by atoms with Crippen molar-refractivity contribution in [2.75, 3.05) is 44.6 Å². The Morgan fingerprint density at radius 3 is 2.18 bits per heavy atom. The Labute approximate surface area is 222 Å². The molecule has 204 valence electrons. The zero-order valence-electron chi connectivity index (χ0n) is 22.2. The average Bonchev–Trinajstić information content (AvgIpc) is 3.40. The molecule has 2 aromatic rings. The van der Waals surface area contributed by atoms with Gasteiger partial charge in [0.15, 0.2) is 0 Å². The lowest BCUT2D eigenvalue weighted by Gasteiger charge is -2.37. The first-order chi connectivity index (χ1) is 18.1. The molecule has 2 atom stereocenters. The molecule has 3 fully saturated rings. The van der Waals surface area contributed by atoms with Crippen molar-refractivity contribution < 1.29 is 9.59 Å². The maximum absolute atomic E-state index is 12.7. The molecule has 1 aromatic heterocycles. The van der Waals surface area contributed by atoms with Crippen LogP contribution in [0.3, 0.4) is 0 Å². The first-order valence-corrected chi connectivity index (χ1v) is 13.4. The van der Waals surface area contributed by atoms with Crippen molar-refractivity contribution in [2.24, 2.45) is 23.3 Å². The number of hydrogen-bond acceptors (Lipinski definition) is 7. The molecule has 2 aliphatic heterocycles. The lowest BCUT2D eigenvalue weighted by atomic mass is 10.0. The highest BCUT2D eigenvalue weighted by molar-refractivity contribution is 5.89. The van der Waals surface area contributed by atoms with Crippen LogP contribution in [0.5, 0.6) is 0 Å². The highest BCUT2D eigenvalue weighted by Crippen LogP contribution is 2.37. The van der Waals surface area contributed by atoms with Crippen LogP contribution in [0.25, 0.3) is 5.69 Å². The lowest BCUT2D eigenvalue weighted by molar-refractivity contribution is -0.137. The van der Waals surface area contributed by atoms with Gasteiger partial charge in [0.1, 0.15) is 5.82 Å². The van der Waals surface area contributed by atoms with Crippen LogP contribution in [-0.2, 0) is 11.3 Å². The molecule has 1 saturated carbocycles. The van der Waals surface area contributed by atoms with Gasteiger partial charge in [-0.25, -0.2) is 9.59 Å². The Hall–Kier alpha value is -3.28. The number of anilines is 1. The number of rotatable bonds is 5. The van der Waals surface area contributed by atoms with Gasteiger partial charge in [0.25, 0.3) is 0 Å². The summed E-state index contributed by atoms with van der Waals surface area (Å²) >= 11 is 0. The molecule has 0 bridgehead atoms. The van der Waals surface area contributed by atoms with Crippen LogP contribution in [0.4, 0.5) is 10.6 Å². The van der Waals surface area contributed by atoms with Crippen LogP contribution < -0.4 is 22.5 Å². The third kappa shape index (κ3) is 5.74. The minimum atomic E-state index is -0.944. The van der Waals surface area contributed by atoms with Crippen LogP contribution >= 0.6 is 0 Å². The average molecular weight is 523 g/mol. The minimum absolute atomic E-state index is 0.139. The summed E-state index contributed by atoms with van der Waals surface area (Å²) < 4.78 is 1.46. The molecule has 1 aromatic carbocycles. The largest absolute Gasteiger partial charge is 0.354 e. The molecule has 5 N–H and O–H groups in total. The van der Waals surface area contributed by atoms with E-state index in [0.717, 1.165) is 50.0 Å². The van der Waals surface area contributed by atoms with Gasteiger partial charge in [-0.05, 0) is 62.3 Å². The summed E-state index contributed by atoms with van der Waals surface area (Å²) in [5.74, 6) is 1.50. The molecule has 2 unspecified atom stereocenters. The normalized spacial score (nSPS) is 23.9. The van der Waals surface area contributed by atoms with Crippen molar-refractivity contribution in [2.45, 2.75) is 44.8 Å². The summed E-state index contributed by atoms with van der Waals surface area (Å²) in [4.78, 5) is 47.6. The van der Waals surface area contributed by atoms with E-state index in [-0.39, 0.29) is 17.8 Å². The van der Waals surface area contributed by atoms with Crippen molar-refractivity contribution in [3.8, 4) is 5.69 Å². The van der Waals surface area contributed by atoms with E-state index in [0.29, 0.717) is 32.2 Å². The molecule has 1 aliphatic carbocycles. The minimum Gasteiger partial charge on any atom is -0.338 e. The van der Waals surface area contributed by atoms with Gasteiger partial charge in [-0.1, -0.05) is 12.1 Å². The quantitative estimate of drug-likeness (QED) is 0.527. The monoisotopic (exact) mass is 522 g/mol. The Bertz CT molecular complexity index is 1220. The van der Waals surface area contributed by atoms with Crippen LogP contribution in [0.1, 0.15) is 32.3 Å². The predicted molar refractivity (Wildman–Crippen MR) is 145 cm³/mol. The van der Waals surface area contributed by atoms with Gasteiger partial charge in [-0.3, -0.25) is 19.6 Å². The highest BCUT2D eigenvalue weighted by atomic mass is 16.2. The molecule has 3 amide bonds. The number of likely N-dealkylation sites (tertiary alicyclic amines) is 1. The van der Waals surface area contributed by atoms with Gasteiger partial charge in [0.05, 0.1) is 11.2 Å². The highest BCUT2D eigenvalue weighted by Gasteiger charge is 2.39. The summed E-state index contributed by atoms with van der Waals surface area (Å²) in [6.07, 6.45) is 3.89. The summed E-state index contributed by atoms with van der Waals surface area (Å²) in [5.41, 5.74) is 12.5. The van der Waals surface area contributed by atoms with Crippen LogP contribution in [0.15, 0.2) is 41.3 Å². The number of hydrogen-bond donors (Lipinski definition) is 3. The molecule has 11 nitrogen and oxygen atoms in total. The fourth-order valence-corrected chi connectivity index (χ4v) is 5.97. The zero-order chi connectivity index (χ0) is 27.0. The van der Waals surface area contributed by atoms with Crippen molar-refractivity contribution in [3.63, 3.8) is 0 Å². The second-order valence-electron chi connectivity index (χ2n) is 11.5. The summed E-state index contributed by atoms with van der Waals surface area (Å²) in [6, 6.07) is 9.57. The Morgan fingerprint density at radius 1 is 1.00 bits per heavy atom. The second kappa shape index (κ2) is 10.5. The molecule has 38 heavy (non-hydrogen) atoms. The first-order valence-electron chi connectivity index (χ1n) is 13.4. The summed E-state index contributed by atoms with van der Waals surface area (Å²) in [5, 5.41) is 2.70. The van der Waals surface area contributed by atoms with E-state index in [1.165, 1.54) is 10.1 Å². The number of piperazine rings is 1. The van der Waals surface area contributed by atoms with Crippen molar-refractivity contribution in [3.05, 3.63) is 52.6 Å². The van der Waals surface area contributed by atoms with Crippen LogP contribution in [0.2, 0.25) is 0 Å². The van der Waals surface area contributed by atoms with Gasteiger partial charge in [-0.15, -0.1) is 0 Å². The number of urea groups is 1. The van der Waals surface area contributed by atoms with Gasteiger partial charge in [0.2, 0.25) is 5.91 Å². The van der Waals surface area contributed by atoms with E-state index in [2.05, 4.69) is 15.2 Å². The van der Waals surface area contributed by atoms with Crippen LogP contribution in [0, 0.1) is 11.8 Å². The number of amides is 3. The van der Waals surface area contributed by atoms with Gasteiger partial charge in [-0.2, -0.15) is 4.98 Å². The fourth-order valence-electron chi connectivity index (χ4n) is 5.97. The van der Waals surface area contributed by atoms with Gasteiger partial charge in [0, 0.05) is 58.1 Å². The van der Waals surface area contributed by atoms with E-state index >= 15 is 0 Å². The number of aromatic nitrogens is 2. The van der Waals surface area contributed by atoms with E-state index in [1.54, 1.807) is 35.9 Å². The number of fused-ring (bicyclic) bond motifs is 1. The van der Waals surface area contributed by atoms with Crippen molar-refractivity contribution >= 4 is 17.8 Å². The summed E-state index contributed by atoms with van der Waals surface area (Å²) in [6.45, 7) is 8.03. The maximum atomic E-state index is 12.7. The fraction of sp³-hybridized carbons (Fsp3) is 0.556. The number of carbonyl (C=O) groups is 2. The van der Waals surface area contributed by atoms with Gasteiger partial charge < -0.3 is 21.3 Å². The van der Waals surface area contributed by atoms with E-state index in [4.69, 9.17) is 11.5 Å². The third-order valence-corrected chi connectivity index (χ3v) is 7.93. The summed E-state index contributed by atoms with van der Waals surface area (Å²) in [7, 11) is 0. The molecule has 3 heterocycles. The van der Waals surface area contributed by atoms with Crippen LogP contribution in [-0.4, -0.2) is 87.0 Å². The third-order valence-electron chi connectivity index (χ3n) is 7.93. The first kappa shape index (κ1) is 26.3. The predicted octanol–water partition coefficient (Wildman–Crippen LogP) is 0.815. The SMILES string of the molecule is CC(C)(N)C(=O)N1CCN(C(=O)Nc2ccn(-c3ccc(CN4CC5CC(N)CC5C4)cc3)c(=O)n2)CC1. The number of nitrogens with two attached hydrogens (primary N) is 2. The Balaban J connectivity index is 1.14. The van der Waals surface area contributed by atoms with Crippen molar-refractivity contribution in [1.29, 1.82) is 0 Å². The molecule has 3 aliphatic rings. The van der Waals surface area contributed by atoms with E-state index in [1.807, 2.05) is 24.3 Å². The maximum Gasteiger partial charge on any atom is 0.354 e. The van der Waals surface area contributed by atoms with Gasteiger partial charge >= 0.3 is 11.7 Å². The number of carbonyl (C=O) groups excluding carboxylic acids is 2.